The predicted octanol–water partition coefficient (Wildman–Crippen LogP) is 3.55. The second kappa shape index (κ2) is 7.62. The van der Waals surface area contributed by atoms with Crippen LogP contribution in [-0.2, 0) is 0 Å². The Hall–Kier alpha value is -1.92. The zero-order valence-electron chi connectivity index (χ0n) is 11.1. The molecule has 0 aromatic heterocycles. The molecule has 0 saturated carbocycles. The second-order valence-corrected chi connectivity index (χ2v) is 4.17. The van der Waals surface area contributed by atoms with Gasteiger partial charge in [0.2, 0.25) is 0 Å². The van der Waals surface area contributed by atoms with Gasteiger partial charge >= 0.3 is 12.2 Å². The third-order valence-electron chi connectivity index (χ3n) is 2.31. The van der Waals surface area contributed by atoms with Crippen LogP contribution in [0.3, 0.4) is 0 Å². The van der Waals surface area contributed by atoms with Crippen LogP contribution in [0.5, 0.6) is 5.75 Å². The molecule has 0 aliphatic heterocycles. The van der Waals surface area contributed by atoms with Gasteiger partial charge in [-0.25, -0.2) is 4.79 Å². The fourth-order valence-electron chi connectivity index (χ4n) is 1.38. The highest BCUT2D eigenvalue weighted by atomic mass is 19.4. The van der Waals surface area contributed by atoms with Crippen LogP contribution >= 0.6 is 0 Å². The van der Waals surface area contributed by atoms with E-state index in [-0.39, 0.29) is 5.75 Å². The number of alkyl halides is 3. The molecule has 0 unspecified atom stereocenters. The number of amides is 2. The number of benzene rings is 1. The van der Waals surface area contributed by atoms with E-state index in [4.69, 9.17) is 0 Å². The van der Waals surface area contributed by atoms with Crippen molar-refractivity contribution in [3.8, 4) is 5.75 Å². The molecule has 1 aromatic carbocycles. The summed E-state index contributed by atoms with van der Waals surface area (Å²) in [6.07, 6.45) is -2.57. The summed E-state index contributed by atoms with van der Waals surface area (Å²) >= 11 is 0. The maximum Gasteiger partial charge on any atom is 0.422 e. The SMILES string of the molecule is CCCCNC(=O)Nc1cccc(OCC(F)(F)F)c1. The van der Waals surface area contributed by atoms with Crippen LogP contribution in [0.15, 0.2) is 24.3 Å². The summed E-state index contributed by atoms with van der Waals surface area (Å²) in [5, 5.41) is 5.16. The first kappa shape index (κ1) is 16.1. The van der Waals surface area contributed by atoms with Crippen LogP contribution in [0, 0.1) is 0 Å². The maximum absolute atomic E-state index is 12.0. The normalized spacial score (nSPS) is 11.0. The van der Waals surface area contributed by atoms with Crippen LogP contribution in [0.2, 0.25) is 0 Å². The highest BCUT2D eigenvalue weighted by Gasteiger charge is 2.28. The number of unbranched alkanes of at least 4 members (excludes halogenated alkanes) is 1. The van der Waals surface area contributed by atoms with Crippen LogP contribution in [0.25, 0.3) is 0 Å². The third-order valence-corrected chi connectivity index (χ3v) is 2.31. The van der Waals surface area contributed by atoms with Gasteiger partial charge in [-0.05, 0) is 18.6 Å². The monoisotopic (exact) mass is 290 g/mol. The first-order valence-electron chi connectivity index (χ1n) is 6.25. The lowest BCUT2D eigenvalue weighted by atomic mass is 10.3. The first-order chi connectivity index (χ1) is 9.40. The molecular formula is C13H17F3N2O2. The van der Waals surface area contributed by atoms with Crippen molar-refractivity contribution in [1.29, 1.82) is 0 Å². The van der Waals surface area contributed by atoms with Crippen molar-refractivity contribution < 1.29 is 22.7 Å². The molecule has 7 heteroatoms. The van der Waals surface area contributed by atoms with Gasteiger partial charge in [0, 0.05) is 18.3 Å². The maximum atomic E-state index is 12.0. The van der Waals surface area contributed by atoms with Crippen LogP contribution < -0.4 is 15.4 Å². The van der Waals surface area contributed by atoms with E-state index >= 15 is 0 Å². The molecule has 0 bridgehead atoms. The van der Waals surface area contributed by atoms with Gasteiger partial charge in [-0.15, -0.1) is 0 Å². The van der Waals surface area contributed by atoms with Crippen molar-refractivity contribution in [3.05, 3.63) is 24.3 Å². The summed E-state index contributed by atoms with van der Waals surface area (Å²) in [5.74, 6) is 0.0497. The van der Waals surface area contributed by atoms with E-state index in [0.29, 0.717) is 12.2 Å². The number of hydrogen-bond donors (Lipinski definition) is 2. The number of carbonyl (C=O) groups excluding carboxylic acids is 1. The van der Waals surface area contributed by atoms with Crippen molar-refractivity contribution in [2.24, 2.45) is 0 Å². The number of carbonyl (C=O) groups is 1. The second-order valence-electron chi connectivity index (χ2n) is 4.17. The lowest BCUT2D eigenvalue weighted by Gasteiger charge is -2.11. The Morgan fingerprint density at radius 3 is 2.75 bits per heavy atom. The Morgan fingerprint density at radius 2 is 2.10 bits per heavy atom. The molecule has 2 amide bonds. The molecule has 0 aliphatic rings. The molecule has 0 spiro atoms. The molecule has 20 heavy (non-hydrogen) atoms. The fourth-order valence-corrected chi connectivity index (χ4v) is 1.38. The lowest BCUT2D eigenvalue weighted by Crippen LogP contribution is -2.29. The molecule has 1 rings (SSSR count). The van der Waals surface area contributed by atoms with Crippen LogP contribution in [0.1, 0.15) is 19.8 Å². The summed E-state index contributed by atoms with van der Waals surface area (Å²) in [6.45, 7) is 1.19. The standard InChI is InChI=1S/C13H17F3N2O2/c1-2-3-7-17-12(19)18-10-5-4-6-11(8-10)20-9-13(14,15)16/h4-6,8H,2-3,7,9H2,1H3,(H2,17,18,19). The number of anilines is 1. The number of ether oxygens (including phenoxy) is 1. The van der Waals surface area contributed by atoms with E-state index in [9.17, 15) is 18.0 Å². The third kappa shape index (κ3) is 6.86. The smallest absolute Gasteiger partial charge is 0.422 e. The van der Waals surface area contributed by atoms with Gasteiger partial charge in [-0.1, -0.05) is 19.4 Å². The Morgan fingerprint density at radius 1 is 1.35 bits per heavy atom. The molecule has 4 nitrogen and oxygen atoms in total. The topological polar surface area (TPSA) is 50.4 Å². The van der Waals surface area contributed by atoms with E-state index in [1.807, 2.05) is 6.92 Å². The molecule has 1 aromatic rings. The van der Waals surface area contributed by atoms with E-state index in [1.165, 1.54) is 18.2 Å². The molecule has 112 valence electrons. The highest BCUT2D eigenvalue weighted by Crippen LogP contribution is 2.21. The molecule has 0 fully saturated rings. The number of urea groups is 1. The largest absolute Gasteiger partial charge is 0.484 e. The van der Waals surface area contributed by atoms with Crippen molar-refractivity contribution in [2.75, 3.05) is 18.5 Å². The van der Waals surface area contributed by atoms with Crippen molar-refractivity contribution in [2.45, 2.75) is 25.9 Å². The molecule has 0 aliphatic carbocycles. The predicted molar refractivity (Wildman–Crippen MR) is 69.9 cm³/mol. The minimum Gasteiger partial charge on any atom is -0.484 e. The van der Waals surface area contributed by atoms with Gasteiger partial charge in [0.15, 0.2) is 6.61 Å². The minimum absolute atomic E-state index is 0.0497. The molecule has 0 radical (unpaired) electrons. The Balaban J connectivity index is 2.49. The molecule has 0 heterocycles. The van der Waals surface area contributed by atoms with Crippen LogP contribution in [0.4, 0.5) is 23.7 Å². The Kier molecular flexibility index (Phi) is 6.14. The van der Waals surface area contributed by atoms with E-state index in [1.54, 1.807) is 6.07 Å². The number of rotatable bonds is 6. The first-order valence-corrected chi connectivity index (χ1v) is 6.25. The average Bonchev–Trinajstić information content (AvgIpc) is 2.36. The summed E-state index contributed by atoms with van der Waals surface area (Å²) in [6, 6.07) is 5.41. The number of halogens is 3. The van der Waals surface area contributed by atoms with Gasteiger partial charge < -0.3 is 15.4 Å². The summed E-state index contributed by atoms with van der Waals surface area (Å²) in [4.78, 5) is 11.5. The molecule has 2 N–H and O–H groups in total. The lowest BCUT2D eigenvalue weighted by molar-refractivity contribution is -0.153. The van der Waals surface area contributed by atoms with Crippen molar-refractivity contribution in [1.82, 2.24) is 5.32 Å². The Labute approximate surface area is 115 Å². The van der Waals surface area contributed by atoms with E-state index < -0.39 is 18.8 Å². The number of hydrogen-bond acceptors (Lipinski definition) is 2. The van der Waals surface area contributed by atoms with Crippen LogP contribution in [-0.4, -0.2) is 25.4 Å². The fraction of sp³-hybridized carbons (Fsp3) is 0.462. The van der Waals surface area contributed by atoms with Gasteiger partial charge in [-0.2, -0.15) is 13.2 Å². The quantitative estimate of drug-likeness (QED) is 0.787. The van der Waals surface area contributed by atoms with Gasteiger partial charge in [-0.3, -0.25) is 0 Å². The highest BCUT2D eigenvalue weighted by molar-refractivity contribution is 5.89. The van der Waals surface area contributed by atoms with Gasteiger partial charge in [0.1, 0.15) is 5.75 Å². The van der Waals surface area contributed by atoms with Gasteiger partial charge in [0.25, 0.3) is 0 Å². The van der Waals surface area contributed by atoms with E-state index in [2.05, 4.69) is 15.4 Å². The zero-order valence-corrected chi connectivity index (χ0v) is 11.1. The van der Waals surface area contributed by atoms with Gasteiger partial charge in [0.05, 0.1) is 0 Å². The van der Waals surface area contributed by atoms with Crippen molar-refractivity contribution in [3.63, 3.8) is 0 Å². The minimum atomic E-state index is -4.39. The summed E-state index contributed by atoms with van der Waals surface area (Å²) in [7, 11) is 0. The van der Waals surface area contributed by atoms with Crippen molar-refractivity contribution >= 4 is 11.7 Å². The number of nitrogens with one attached hydrogen (secondary N) is 2. The summed E-state index contributed by atoms with van der Waals surface area (Å²) < 4.78 is 40.7. The average molecular weight is 290 g/mol. The van der Waals surface area contributed by atoms with E-state index in [0.717, 1.165) is 12.8 Å². The Bertz CT molecular complexity index is 436. The summed E-state index contributed by atoms with van der Waals surface area (Å²) in [5.41, 5.74) is 0.374. The zero-order chi connectivity index (χ0) is 15.0. The molecule has 0 atom stereocenters. The molecule has 0 saturated heterocycles. The molecular weight excluding hydrogens is 273 g/mol.